The smallest absolute Gasteiger partial charge is 0.224 e. The monoisotopic (exact) mass is 311 g/mol. The van der Waals surface area contributed by atoms with Gasteiger partial charge in [0.05, 0.1) is 5.92 Å². The largest absolute Gasteiger partial charge is 0.356 e. The van der Waals surface area contributed by atoms with Gasteiger partial charge in [0.2, 0.25) is 5.91 Å². The molecule has 114 valence electrons. The van der Waals surface area contributed by atoms with E-state index in [2.05, 4.69) is 15.5 Å². The van der Waals surface area contributed by atoms with Crippen LogP contribution in [0.25, 0.3) is 0 Å². The fraction of sp³-hybridized carbons (Fsp3) is 0.923. The molecule has 2 fully saturated rings. The van der Waals surface area contributed by atoms with E-state index in [-0.39, 0.29) is 36.6 Å². The summed E-state index contributed by atoms with van der Waals surface area (Å²) in [5.74, 6) is 0.453. The van der Waals surface area contributed by atoms with Crippen LogP contribution in [0, 0.1) is 5.92 Å². The summed E-state index contributed by atoms with van der Waals surface area (Å²) in [7, 11) is 0. The SMILES string of the molecule is Cl.Cl.O=C(NCCCN1CCCC1)C1CCCNC1. The quantitative estimate of drug-likeness (QED) is 0.755. The van der Waals surface area contributed by atoms with Gasteiger partial charge in [-0.15, -0.1) is 24.8 Å². The van der Waals surface area contributed by atoms with Crippen LogP contribution >= 0.6 is 24.8 Å². The van der Waals surface area contributed by atoms with Crippen molar-refractivity contribution in [3.63, 3.8) is 0 Å². The lowest BCUT2D eigenvalue weighted by Gasteiger charge is -2.22. The summed E-state index contributed by atoms with van der Waals surface area (Å²) < 4.78 is 0. The van der Waals surface area contributed by atoms with Crippen molar-refractivity contribution in [1.29, 1.82) is 0 Å². The fourth-order valence-corrected chi connectivity index (χ4v) is 2.74. The highest BCUT2D eigenvalue weighted by Crippen LogP contribution is 2.10. The van der Waals surface area contributed by atoms with Crippen LogP contribution in [-0.4, -0.2) is 50.1 Å². The number of piperidine rings is 1. The standard InChI is InChI=1S/C13H25N3O.2ClH/c17-13(12-5-3-6-14-11-12)15-7-4-10-16-8-1-2-9-16;;/h12,14H,1-11H2,(H,15,17);2*1H. The summed E-state index contributed by atoms with van der Waals surface area (Å²) in [5.41, 5.74) is 0. The van der Waals surface area contributed by atoms with Crippen LogP contribution in [0.1, 0.15) is 32.1 Å². The van der Waals surface area contributed by atoms with Crippen LogP contribution in [0.15, 0.2) is 0 Å². The van der Waals surface area contributed by atoms with Crippen LogP contribution in [0.4, 0.5) is 0 Å². The number of nitrogens with one attached hydrogen (secondary N) is 2. The first kappa shape index (κ1) is 19.0. The lowest BCUT2D eigenvalue weighted by molar-refractivity contribution is -0.125. The third-order valence-corrected chi connectivity index (χ3v) is 3.82. The van der Waals surface area contributed by atoms with Crippen LogP contribution in [0.5, 0.6) is 0 Å². The Hall–Kier alpha value is -0.0300. The van der Waals surface area contributed by atoms with Gasteiger partial charge in [0, 0.05) is 13.1 Å². The van der Waals surface area contributed by atoms with Crippen molar-refractivity contribution in [3.05, 3.63) is 0 Å². The summed E-state index contributed by atoms with van der Waals surface area (Å²) in [4.78, 5) is 14.3. The van der Waals surface area contributed by atoms with E-state index in [4.69, 9.17) is 0 Å². The van der Waals surface area contributed by atoms with Crippen molar-refractivity contribution in [2.75, 3.05) is 39.3 Å². The zero-order valence-electron chi connectivity index (χ0n) is 11.5. The zero-order chi connectivity index (χ0) is 11.9. The van der Waals surface area contributed by atoms with Gasteiger partial charge in [-0.25, -0.2) is 0 Å². The van der Waals surface area contributed by atoms with E-state index in [0.717, 1.165) is 45.4 Å². The molecule has 0 aromatic carbocycles. The van der Waals surface area contributed by atoms with E-state index >= 15 is 0 Å². The van der Waals surface area contributed by atoms with E-state index in [1.807, 2.05) is 0 Å². The molecule has 6 heteroatoms. The number of hydrogen-bond donors (Lipinski definition) is 2. The molecule has 0 radical (unpaired) electrons. The van der Waals surface area contributed by atoms with Gasteiger partial charge in [0.1, 0.15) is 0 Å². The Morgan fingerprint density at radius 2 is 1.95 bits per heavy atom. The fourth-order valence-electron chi connectivity index (χ4n) is 2.74. The number of carbonyl (C=O) groups excluding carboxylic acids is 1. The Morgan fingerprint density at radius 3 is 2.58 bits per heavy atom. The highest BCUT2D eigenvalue weighted by atomic mass is 35.5. The van der Waals surface area contributed by atoms with Crippen molar-refractivity contribution < 1.29 is 4.79 Å². The summed E-state index contributed by atoms with van der Waals surface area (Å²) in [6.45, 7) is 6.41. The molecular formula is C13H27Cl2N3O. The third kappa shape index (κ3) is 6.80. The Morgan fingerprint density at radius 1 is 1.21 bits per heavy atom. The number of nitrogens with zero attached hydrogens (tertiary/aromatic N) is 1. The van der Waals surface area contributed by atoms with E-state index in [9.17, 15) is 4.79 Å². The molecule has 19 heavy (non-hydrogen) atoms. The minimum absolute atomic E-state index is 0. The molecule has 1 unspecified atom stereocenters. The topological polar surface area (TPSA) is 44.4 Å². The molecular weight excluding hydrogens is 285 g/mol. The molecule has 2 aliphatic rings. The lowest BCUT2D eigenvalue weighted by Crippen LogP contribution is -2.41. The van der Waals surface area contributed by atoms with E-state index in [1.54, 1.807) is 0 Å². The molecule has 2 rings (SSSR count). The lowest BCUT2D eigenvalue weighted by atomic mass is 9.99. The van der Waals surface area contributed by atoms with Crippen molar-refractivity contribution in [2.24, 2.45) is 5.92 Å². The number of carbonyl (C=O) groups is 1. The van der Waals surface area contributed by atoms with Crippen LogP contribution in [-0.2, 0) is 4.79 Å². The first-order valence-electron chi connectivity index (χ1n) is 7.07. The zero-order valence-corrected chi connectivity index (χ0v) is 13.2. The minimum Gasteiger partial charge on any atom is -0.356 e. The third-order valence-electron chi connectivity index (χ3n) is 3.82. The number of hydrogen-bond acceptors (Lipinski definition) is 3. The van der Waals surface area contributed by atoms with E-state index in [0.29, 0.717) is 0 Å². The second-order valence-electron chi connectivity index (χ2n) is 5.24. The van der Waals surface area contributed by atoms with Crippen LogP contribution in [0.2, 0.25) is 0 Å². The molecule has 2 heterocycles. The molecule has 1 atom stereocenters. The maximum atomic E-state index is 11.8. The van der Waals surface area contributed by atoms with Crippen molar-refractivity contribution in [2.45, 2.75) is 32.1 Å². The van der Waals surface area contributed by atoms with Crippen molar-refractivity contribution in [3.8, 4) is 0 Å². The molecule has 0 aromatic heterocycles. The highest BCUT2D eigenvalue weighted by molar-refractivity contribution is 5.85. The van der Waals surface area contributed by atoms with E-state index in [1.165, 1.54) is 25.9 Å². The average Bonchev–Trinajstić information content (AvgIpc) is 2.88. The molecule has 2 N–H and O–H groups in total. The maximum Gasteiger partial charge on any atom is 0.224 e. The first-order chi connectivity index (χ1) is 8.36. The summed E-state index contributed by atoms with van der Waals surface area (Å²) in [6.07, 6.45) is 5.96. The molecule has 0 saturated carbocycles. The Balaban J connectivity index is 0.00000162. The molecule has 4 nitrogen and oxygen atoms in total. The molecule has 0 spiro atoms. The molecule has 2 aliphatic heterocycles. The maximum absolute atomic E-state index is 11.8. The van der Waals surface area contributed by atoms with Crippen molar-refractivity contribution >= 4 is 30.7 Å². The van der Waals surface area contributed by atoms with Gasteiger partial charge in [-0.1, -0.05) is 0 Å². The van der Waals surface area contributed by atoms with Gasteiger partial charge in [-0.2, -0.15) is 0 Å². The Kier molecular flexibility index (Phi) is 10.7. The second kappa shape index (κ2) is 10.7. The van der Waals surface area contributed by atoms with Crippen LogP contribution in [0.3, 0.4) is 0 Å². The summed E-state index contributed by atoms with van der Waals surface area (Å²) in [6, 6.07) is 0. The predicted octanol–water partition coefficient (Wildman–Crippen LogP) is 1.43. The molecule has 0 bridgehead atoms. The van der Waals surface area contributed by atoms with Gasteiger partial charge in [0.15, 0.2) is 0 Å². The normalized spacial score (nSPS) is 23.3. The Bertz CT molecular complexity index is 242. The molecule has 0 aromatic rings. The summed E-state index contributed by atoms with van der Waals surface area (Å²) >= 11 is 0. The van der Waals surface area contributed by atoms with E-state index < -0.39 is 0 Å². The average molecular weight is 312 g/mol. The molecule has 0 aliphatic carbocycles. The Labute approximate surface area is 128 Å². The van der Waals surface area contributed by atoms with Crippen molar-refractivity contribution in [1.82, 2.24) is 15.5 Å². The highest BCUT2D eigenvalue weighted by Gasteiger charge is 2.20. The van der Waals surface area contributed by atoms with Gasteiger partial charge in [-0.05, 0) is 58.3 Å². The number of likely N-dealkylation sites (tertiary alicyclic amines) is 1. The number of halogens is 2. The predicted molar refractivity (Wildman–Crippen MR) is 83.4 cm³/mol. The first-order valence-corrected chi connectivity index (χ1v) is 7.07. The second-order valence-corrected chi connectivity index (χ2v) is 5.24. The summed E-state index contributed by atoms with van der Waals surface area (Å²) in [5, 5.41) is 6.35. The number of rotatable bonds is 5. The number of amides is 1. The van der Waals surface area contributed by atoms with Gasteiger partial charge in [-0.3, -0.25) is 4.79 Å². The van der Waals surface area contributed by atoms with Crippen LogP contribution < -0.4 is 10.6 Å². The minimum atomic E-state index is 0. The van der Waals surface area contributed by atoms with Gasteiger partial charge >= 0.3 is 0 Å². The molecule has 1 amide bonds. The van der Waals surface area contributed by atoms with Gasteiger partial charge < -0.3 is 15.5 Å². The molecule has 2 saturated heterocycles. The van der Waals surface area contributed by atoms with Gasteiger partial charge in [0.25, 0.3) is 0 Å².